The standard InChI is InChI=1S/C15H14BN/c1-9-3-5-11-12-6-4-10(2)8-14(12)15(16,17)13(11)7-9/h3-8H,17H2,1-2H3. The first kappa shape index (κ1) is 10.6. The van der Waals surface area contributed by atoms with Gasteiger partial charge in [0.25, 0.3) is 0 Å². The monoisotopic (exact) mass is 219 g/mol. The lowest BCUT2D eigenvalue weighted by atomic mass is 9.71. The van der Waals surface area contributed by atoms with Gasteiger partial charge in [0.15, 0.2) is 0 Å². The third-order valence-electron chi connectivity index (χ3n) is 3.53. The van der Waals surface area contributed by atoms with Crippen LogP contribution >= 0.6 is 0 Å². The second-order valence-corrected chi connectivity index (χ2v) is 4.97. The Hall–Kier alpha value is -1.54. The molecule has 2 radical (unpaired) electrons. The molecular weight excluding hydrogens is 205 g/mol. The molecule has 1 nitrogen and oxygen atoms in total. The first-order valence-electron chi connectivity index (χ1n) is 5.80. The second-order valence-electron chi connectivity index (χ2n) is 4.97. The maximum atomic E-state index is 6.32. The number of fused-ring (bicyclic) bond motifs is 3. The molecule has 1 aliphatic rings. The maximum absolute atomic E-state index is 6.32. The Balaban J connectivity index is 2.37. The highest BCUT2D eigenvalue weighted by Crippen LogP contribution is 2.44. The Kier molecular flexibility index (Phi) is 2.02. The van der Waals surface area contributed by atoms with Crippen LogP contribution in [0, 0.1) is 13.8 Å². The lowest BCUT2D eigenvalue weighted by Crippen LogP contribution is -2.36. The molecule has 2 heteroatoms. The molecule has 0 saturated carbocycles. The third kappa shape index (κ3) is 1.37. The summed E-state index contributed by atoms with van der Waals surface area (Å²) in [6, 6.07) is 12.6. The van der Waals surface area contributed by atoms with Gasteiger partial charge in [-0.25, -0.2) is 0 Å². The minimum Gasteiger partial charge on any atom is -0.325 e. The number of hydrogen-bond acceptors (Lipinski definition) is 1. The van der Waals surface area contributed by atoms with Gasteiger partial charge in [-0.1, -0.05) is 47.5 Å². The molecule has 2 aromatic rings. The molecule has 3 rings (SSSR count). The van der Waals surface area contributed by atoms with Crippen LogP contribution in [-0.4, -0.2) is 7.85 Å². The van der Waals surface area contributed by atoms with Gasteiger partial charge in [0.1, 0.15) is 7.85 Å². The van der Waals surface area contributed by atoms with Crippen LogP contribution in [0.2, 0.25) is 0 Å². The van der Waals surface area contributed by atoms with E-state index in [1.807, 2.05) is 0 Å². The molecule has 0 unspecified atom stereocenters. The summed E-state index contributed by atoms with van der Waals surface area (Å²) in [5.74, 6) is 0. The van der Waals surface area contributed by atoms with Crippen molar-refractivity contribution in [1.29, 1.82) is 0 Å². The normalized spacial score (nSPS) is 15.5. The summed E-state index contributed by atoms with van der Waals surface area (Å²) in [7, 11) is 6.32. The maximum Gasteiger partial charge on any atom is 0.108 e. The SMILES string of the molecule is [B]C1(N)c2cc(C)ccc2-c2ccc(C)cc21. The van der Waals surface area contributed by atoms with E-state index < -0.39 is 5.44 Å². The minimum absolute atomic E-state index is 0.858. The van der Waals surface area contributed by atoms with Crippen molar-refractivity contribution in [3.63, 3.8) is 0 Å². The first-order valence-corrected chi connectivity index (χ1v) is 5.80. The molecule has 0 fully saturated rings. The van der Waals surface area contributed by atoms with Gasteiger partial charge >= 0.3 is 0 Å². The third-order valence-corrected chi connectivity index (χ3v) is 3.53. The summed E-state index contributed by atoms with van der Waals surface area (Å²) in [5.41, 5.74) is 12.2. The molecule has 2 N–H and O–H groups in total. The van der Waals surface area contributed by atoms with Crippen molar-refractivity contribution in [2.24, 2.45) is 5.73 Å². The fraction of sp³-hybridized carbons (Fsp3) is 0.200. The highest BCUT2D eigenvalue weighted by Gasteiger charge is 2.35. The number of nitrogens with two attached hydrogens (primary N) is 1. The molecule has 0 atom stereocenters. The Morgan fingerprint density at radius 2 is 1.29 bits per heavy atom. The van der Waals surface area contributed by atoms with Crippen LogP contribution in [0.3, 0.4) is 0 Å². The van der Waals surface area contributed by atoms with Gasteiger partial charge in [-0.2, -0.15) is 0 Å². The second kappa shape index (κ2) is 3.24. The Morgan fingerprint density at radius 1 is 0.882 bits per heavy atom. The molecule has 0 bridgehead atoms. The zero-order valence-corrected chi connectivity index (χ0v) is 10.1. The Labute approximate surface area is 103 Å². The van der Waals surface area contributed by atoms with Gasteiger partial charge in [-0.05, 0) is 36.1 Å². The molecule has 0 spiro atoms. The molecular formula is C15H14BN. The minimum atomic E-state index is -0.858. The van der Waals surface area contributed by atoms with Crippen molar-refractivity contribution in [1.82, 2.24) is 0 Å². The average Bonchev–Trinajstić information content (AvgIpc) is 2.49. The van der Waals surface area contributed by atoms with Crippen molar-refractivity contribution in [2.75, 3.05) is 0 Å². The van der Waals surface area contributed by atoms with Gasteiger partial charge in [0.05, 0.1) is 0 Å². The smallest absolute Gasteiger partial charge is 0.108 e. The van der Waals surface area contributed by atoms with Crippen molar-refractivity contribution in [3.05, 3.63) is 58.7 Å². The van der Waals surface area contributed by atoms with E-state index >= 15 is 0 Å². The predicted octanol–water partition coefficient (Wildman–Crippen LogP) is 2.61. The average molecular weight is 219 g/mol. The van der Waals surface area contributed by atoms with Crippen molar-refractivity contribution < 1.29 is 0 Å². The van der Waals surface area contributed by atoms with E-state index in [1.54, 1.807) is 0 Å². The largest absolute Gasteiger partial charge is 0.325 e. The van der Waals surface area contributed by atoms with Gasteiger partial charge in [-0.3, -0.25) is 0 Å². The summed E-state index contributed by atoms with van der Waals surface area (Å²) in [4.78, 5) is 0. The predicted molar refractivity (Wildman–Crippen MR) is 72.1 cm³/mol. The number of benzene rings is 2. The molecule has 82 valence electrons. The van der Waals surface area contributed by atoms with E-state index in [2.05, 4.69) is 50.2 Å². The number of hydrogen-bond donors (Lipinski definition) is 1. The lowest BCUT2D eigenvalue weighted by Gasteiger charge is -2.22. The summed E-state index contributed by atoms with van der Waals surface area (Å²) in [6.45, 7) is 4.12. The molecule has 0 heterocycles. The first-order chi connectivity index (χ1) is 8.00. The molecule has 1 aliphatic carbocycles. The zero-order valence-electron chi connectivity index (χ0n) is 10.1. The summed E-state index contributed by atoms with van der Waals surface area (Å²) >= 11 is 0. The van der Waals surface area contributed by atoms with Crippen LogP contribution in [-0.2, 0) is 5.44 Å². The van der Waals surface area contributed by atoms with Crippen LogP contribution in [0.15, 0.2) is 36.4 Å². The summed E-state index contributed by atoms with van der Waals surface area (Å²) in [6.07, 6.45) is 0. The van der Waals surface area contributed by atoms with Crippen molar-refractivity contribution in [3.8, 4) is 11.1 Å². The van der Waals surface area contributed by atoms with E-state index in [1.165, 1.54) is 11.1 Å². The van der Waals surface area contributed by atoms with E-state index in [0.717, 1.165) is 22.3 Å². The molecule has 0 aromatic heterocycles. The quantitative estimate of drug-likeness (QED) is 0.677. The van der Waals surface area contributed by atoms with Gasteiger partial charge in [0.2, 0.25) is 0 Å². The highest BCUT2D eigenvalue weighted by molar-refractivity contribution is 6.20. The van der Waals surface area contributed by atoms with E-state index in [9.17, 15) is 0 Å². The summed E-state index contributed by atoms with van der Waals surface area (Å²) in [5, 5.41) is 0. The fourth-order valence-electron chi connectivity index (χ4n) is 2.62. The Bertz CT molecular complexity index is 561. The topological polar surface area (TPSA) is 26.0 Å². The summed E-state index contributed by atoms with van der Waals surface area (Å²) < 4.78 is 0. The van der Waals surface area contributed by atoms with Gasteiger partial charge in [-0.15, -0.1) is 0 Å². The van der Waals surface area contributed by atoms with Crippen LogP contribution in [0.5, 0.6) is 0 Å². The van der Waals surface area contributed by atoms with Gasteiger partial charge in [0, 0.05) is 5.44 Å². The van der Waals surface area contributed by atoms with Crippen LogP contribution in [0.25, 0.3) is 11.1 Å². The van der Waals surface area contributed by atoms with Crippen molar-refractivity contribution in [2.45, 2.75) is 19.3 Å². The molecule has 17 heavy (non-hydrogen) atoms. The van der Waals surface area contributed by atoms with Crippen LogP contribution in [0.4, 0.5) is 0 Å². The van der Waals surface area contributed by atoms with E-state index in [-0.39, 0.29) is 0 Å². The Morgan fingerprint density at radius 3 is 1.71 bits per heavy atom. The zero-order chi connectivity index (χ0) is 12.2. The van der Waals surface area contributed by atoms with Crippen LogP contribution < -0.4 is 5.73 Å². The number of rotatable bonds is 0. The lowest BCUT2D eigenvalue weighted by molar-refractivity contribution is 0.796. The number of aryl methyl sites for hydroxylation is 2. The van der Waals surface area contributed by atoms with Gasteiger partial charge < -0.3 is 5.73 Å². The van der Waals surface area contributed by atoms with Crippen LogP contribution in [0.1, 0.15) is 22.3 Å². The van der Waals surface area contributed by atoms with Crippen molar-refractivity contribution >= 4 is 7.85 Å². The molecule has 0 aliphatic heterocycles. The fourth-order valence-corrected chi connectivity index (χ4v) is 2.62. The van der Waals surface area contributed by atoms with E-state index in [4.69, 9.17) is 13.6 Å². The van der Waals surface area contributed by atoms with E-state index in [0.29, 0.717) is 0 Å². The molecule has 0 saturated heterocycles. The molecule has 0 amide bonds. The molecule has 2 aromatic carbocycles. The highest BCUT2D eigenvalue weighted by atomic mass is 14.7.